The van der Waals surface area contributed by atoms with Crippen LogP contribution in [0.3, 0.4) is 0 Å². The zero-order valence-electron chi connectivity index (χ0n) is 8.14. The van der Waals surface area contributed by atoms with E-state index in [0.29, 0.717) is 12.3 Å². The summed E-state index contributed by atoms with van der Waals surface area (Å²) >= 11 is 0. The van der Waals surface area contributed by atoms with Gasteiger partial charge in [0.25, 0.3) is 0 Å². The van der Waals surface area contributed by atoms with Gasteiger partial charge in [0.15, 0.2) is 0 Å². The predicted molar refractivity (Wildman–Crippen MR) is 50.2 cm³/mol. The number of ether oxygens (including phenoxy) is 1. The maximum absolute atomic E-state index is 11.3. The molecular weight excluding hydrogens is 168 g/mol. The first-order valence-corrected chi connectivity index (χ1v) is 4.55. The molecule has 0 unspecified atom stereocenters. The molecule has 1 rings (SSSR count). The highest BCUT2D eigenvalue weighted by Crippen LogP contribution is 2.06. The molecule has 0 aromatic rings. The van der Waals surface area contributed by atoms with Crippen LogP contribution < -0.4 is 10.6 Å². The van der Waals surface area contributed by atoms with Crippen molar-refractivity contribution in [2.24, 2.45) is 0 Å². The topological polar surface area (TPSA) is 50.4 Å². The molecular formula is C9H16N2O2. The third-order valence-corrected chi connectivity index (χ3v) is 1.90. The molecule has 1 heterocycles. The summed E-state index contributed by atoms with van der Waals surface area (Å²) in [5.74, 6) is 0.0207. The molecule has 74 valence electrons. The summed E-state index contributed by atoms with van der Waals surface area (Å²) in [6.45, 7) is 3.64. The average Bonchev–Trinajstić information content (AvgIpc) is 2.15. The van der Waals surface area contributed by atoms with Gasteiger partial charge in [-0.2, -0.15) is 0 Å². The lowest BCUT2D eigenvalue weighted by atomic mass is 10.2. The molecule has 0 fully saturated rings. The second-order valence-corrected chi connectivity index (χ2v) is 2.95. The van der Waals surface area contributed by atoms with Crippen molar-refractivity contribution >= 4 is 5.78 Å². The number of carbonyl (C=O) groups is 1. The number of hydrogen-bond donors (Lipinski definition) is 2. The van der Waals surface area contributed by atoms with Gasteiger partial charge in [-0.3, -0.25) is 4.79 Å². The van der Waals surface area contributed by atoms with Crippen molar-refractivity contribution in [1.82, 2.24) is 10.6 Å². The summed E-state index contributed by atoms with van der Waals surface area (Å²) in [7, 11) is 1.76. The number of nitrogens with one attached hydrogen (secondary N) is 2. The van der Waals surface area contributed by atoms with Crippen molar-refractivity contribution in [3.63, 3.8) is 0 Å². The Morgan fingerprint density at radius 3 is 2.85 bits per heavy atom. The third-order valence-electron chi connectivity index (χ3n) is 1.90. The number of rotatable bonds is 4. The third kappa shape index (κ3) is 2.45. The Labute approximate surface area is 78.3 Å². The van der Waals surface area contributed by atoms with E-state index in [-0.39, 0.29) is 12.4 Å². The van der Waals surface area contributed by atoms with Gasteiger partial charge in [0.05, 0.1) is 12.3 Å². The fraction of sp³-hybridized carbons (Fsp3) is 0.667. The molecule has 0 radical (unpaired) electrons. The van der Waals surface area contributed by atoms with E-state index in [1.807, 2.05) is 0 Å². The molecule has 0 saturated heterocycles. The molecule has 0 aliphatic carbocycles. The fourth-order valence-electron chi connectivity index (χ4n) is 1.26. The SMILES string of the molecule is CCCNC1=C(NC)C(=O)COC1. The molecule has 1 aliphatic heterocycles. The van der Waals surface area contributed by atoms with Crippen LogP contribution in [0, 0.1) is 0 Å². The highest BCUT2D eigenvalue weighted by Gasteiger charge is 2.19. The summed E-state index contributed by atoms with van der Waals surface area (Å²) in [4.78, 5) is 11.3. The lowest BCUT2D eigenvalue weighted by molar-refractivity contribution is -0.121. The largest absolute Gasteiger partial charge is 0.385 e. The first kappa shape index (κ1) is 10.1. The van der Waals surface area contributed by atoms with Crippen molar-refractivity contribution in [2.45, 2.75) is 13.3 Å². The van der Waals surface area contributed by atoms with E-state index in [9.17, 15) is 4.79 Å². The van der Waals surface area contributed by atoms with Crippen LogP contribution in [0.25, 0.3) is 0 Å². The van der Waals surface area contributed by atoms with E-state index in [4.69, 9.17) is 4.74 Å². The van der Waals surface area contributed by atoms with Crippen molar-refractivity contribution in [1.29, 1.82) is 0 Å². The zero-order valence-corrected chi connectivity index (χ0v) is 8.14. The lowest BCUT2D eigenvalue weighted by Crippen LogP contribution is -2.34. The van der Waals surface area contributed by atoms with Gasteiger partial charge in [-0.25, -0.2) is 0 Å². The molecule has 0 saturated carbocycles. The van der Waals surface area contributed by atoms with E-state index in [0.717, 1.165) is 18.7 Å². The van der Waals surface area contributed by atoms with Crippen molar-refractivity contribution < 1.29 is 9.53 Å². The predicted octanol–water partition coefficient (Wildman–Crippen LogP) is 0.0163. The molecule has 4 heteroatoms. The van der Waals surface area contributed by atoms with Crippen LogP contribution in [0.5, 0.6) is 0 Å². The molecule has 0 bridgehead atoms. The van der Waals surface area contributed by atoms with Crippen LogP contribution in [-0.4, -0.2) is 32.6 Å². The Morgan fingerprint density at radius 1 is 1.46 bits per heavy atom. The van der Waals surface area contributed by atoms with Gasteiger partial charge in [0, 0.05) is 13.6 Å². The molecule has 4 nitrogen and oxygen atoms in total. The van der Waals surface area contributed by atoms with Crippen LogP contribution in [0.2, 0.25) is 0 Å². The Balaban J connectivity index is 2.68. The summed E-state index contributed by atoms with van der Waals surface area (Å²) in [5, 5.41) is 6.07. The van der Waals surface area contributed by atoms with Gasteiger partial charge in [0.2, 0.25) is 5.78 Å². The minimum atomic E-state index is 0.0207. The first-order chi connectivity index (χ1) is 6.29. The van der Waals surface area contributed by atoms with E-state index in [1.165, 1.54) is 0 Å². The van der Waals surface area contributed by atoms with Gasteiger partial charge in [-0.15, -0.1) is 0 Å². The van der Waals surface area contributed by atoms with Crippen molar-refractivity contribution in [3.8, 4) is 0 Å². The molecule has 13 heavy (non-hydrogen) atoms. The van der Waals surface area contributed by atoms with E-state index < -0.39 is 0 Å². The second kappa shape index (κ2) is 4.87. The highest BCUT2D eigenvalue weighted by molar-refractivity contribution is 5.97. The zero-order chi connectivity index (χ0) is 9.68. The molecule has 0 spiro atoms. The van der Waals surface area contributed by atoms with Gasteiger partial charge in [-0.1, -0.05) is 6.92 Å². The van der Waals surface area contributed by atoms with E-state index >= 15 is 0 Å². The van der Waals surface area contributed by atoms with Crippen molar-refractivity contribution in [3.05, 3.63) is 11.4 Å². The van der Waals surface area contributed by atoms with Gasteiger partial charge in [-0.05, 0) is 6.42 Å². The van der Waals surface area contributed by atoms with Crippen molar-refractivity contribution in [2.75, 3.05) is 26.8 Å². The minimum absolute atomic E-state index is 0.0207. The highest BCUT2D eigenvalue weighted by atomic mass is 16.5. The van der Waals surface area contributed by atoms with E-state index in [2.05, 4.69) is 17.6 Å². The molecule has 1 aliphatic rings. The average molecular weight is 184 g/mol. The lowest BCUT2D eigenvalue weighted by Gasteiger charge is -2.20. The molecule has 0 amide bonds. The number of likely N-dealkylation sites (N-methyl/N-ethyl adjacent to an activating group) is 1. The Morgan fingerprint density at radius 2 is 2.23 bits per heavy atom. The van der Waals surface area contributed by atoms with Crippen LogP contribution in [0.15, 0.2) is 11.4 Å². The fourth-order valence-corrected chi connectivity index (χ4v) is 1.26. The molecule has 0 atom stereocenters. The van der Waals surface area contributed by atoms with Gasteiger partial charge in [0.1, 0.15) is 12.3 Å². The Hall–Kier alpha value is -1.03. The monoisotopic (exact) mass is 184 g/mol. The molecule has 0 aromatic heterocycles. The number of hydrogen-bond acceptors (Lipinski definition) is 4. The quantitative estimate of drug-likeness (QED) is 0.646. The number of carbonyl (C=O) groups excluding carboxylic acids is 1. The molecule has 0 aromatic carbocycles. The number of ketones is 1. The Bertz CT molecular complexity index is 224. The first-order valence-electron chi connectivity index (χ1n) is 4.55. The summed E-state index contributed by atoms with van der Waals surface area (Å²) in [6.07, 6.45) is 1.04. The summed E-state index contributed by atoms with van der Waals surface area (Å²) < 4.78 is 5.11. The van der Waals surface area contributed by atoms with Gasteiger partial charge >= 0.3 is 0 Å². The van der Waals surface area contributed by atoms with Crippen LogP contribution in [0.1, 0.15) is 13.3 Å². The standard InChI is InChI=1S/C9H16N2O2/c1-3-4-11-7-5-13-6-8(12)9(7)10-2/h10-11H,3-6H2,1-2H3. The maximum Gasteiger partial charge on any atom is 0.206 e. The normalized spacial score (nSPS) is 17.5. The van der Waals surface area contributed by atoms with E-state index in [1.54, 1.807) is 7.05 Å². The van der Waals surface area contributed by atoms with Crippen LogP contribution in [0.4, 0.5) is 0 Å². The Kier molecular flexibility index (Phi) is 3.76. The molecule has 2 N–H and O–H groups in total. The number of Topliss-reactive ketones (excluding diaryl/α,β-unsaturated/α-hetero) is 1. The summed E-state index contributed by atoms with van der Waals surface area (Å²) in [5.41, 5.74) is 1.54. The summed E-state index contributed by atoms with van der Waals surface area (Å²) in [6, 6.07) is 0. The van der Waals surface area contributed by atoms with Crippen LogP contribution in [-0.2, 0) is 9.53 Å². The minimum Gasteiger partial charge on any atom is -0.385 e. The maximum atomic E-state index is 11.3. The van der Waals surface area contributed by atoms with Crippen LogP contribution >= 0.6 is 0 Å². The van der Waals surface area contributed by atoms with Gasteiger partial charge < -0.3 is 15.4 Å². The second-order valence-electron chi connectivity index (χ2n) is 2.95. The smallest absolute Gasteiger partial charge is 0.206 e.